The van der Waals surface area contributed by atoms with Crippen molar-refractivity contribution >= 4 is 11.9 Å². The molecule has 2 aromatic rings. The van der Waals surface area contributed by atoms with Crippen LogP contribution in [0.5, 0.6) is 0 Å². The molecule has 0 spiro atoms. The molecule has 3 nitrogen and oxygen atoms in total. The van der Waals surface area contributed by atoms with Crippen molar-refractivity contribution in [2.75, 3.05) is 0 Å². The van der Waals surface area contributed by atoms with E-state index in [9.17, 15) is 35.9 Å². The first-order valence-corrected chi connectivity index (χ1v) is 10.8. The van der Waals surface area contributed by atoms with Crippen LogP contribution in [0.4, 0.5) is 26.3 Å². The van der Waals surface area contributed by atoms with E-state index >= 15 is 0 Å². The molecular formula is C25H14F6O3. The normalized spacial score (nSPS) is 36.3. The third kappa shape index (κ3) is 1.86. The fraction of sp³-hybridized carbons (Fsp3) is 0.360. The first kappa shape index (κ1) is 20.3. The second-order valence-corrected chi connectivity index (χ2v) is 9.77. The fourth-order valence-electron chi connectivity index (χ4n) is 7.98. The summed E-state index contributed by atoms with van der Waals surface area (Å²) in [4.78, 5) is 26.9. The van der Waals surface area contributed by atoms with Gasteiger partial charge in [0.2, 0.25) is 0 Å². The van der Waals surface area contributed by atoms with Crippen molar-refractivity contribution < 1.29 is 40.7 Å². The molecular weight excluding hydrogens is 462 g/mol. The Morgan fingerprint density at radius 3 is 1.50 bits per heavy atom. The highest BCUT2D eigenvalue weighted by Gasteiger charge is 2.86. The Labute approximate surface area is 188 Å². The van der Waals surface area contributed by atoms with Crippen LogP contribution >= 0.6 is 0 Å². The van der Waals surface area contributed by atoms with Crippen LogP contribution in [-0.4, -0.2) is 11.9 Å². The zero-order valence-corrected chi connectivity index (χ0v) is 17.1. The molecule has 9 heteroatoms. The summed E-state index contributed by atoms with van der Waals surface area (Å²) in [7, 11) is 0. The summed E-state index contributed by atoms with van der Waals surface area (Å²) in [5, 5.41) is 0. The molecule has 4 bridgehead atoms. The summed E-state index contributed by atoms with van der Waals surface area (Å²) in [5.74, 6) is -4.54. The molecule has 1 saturated heterocycles. The predicted octanol–water partition coefficient (Wildman–Crippen LogP) is 5.58. The molecule has 1 aliphatic heterocycles. The number of fused-ring (bicyclic) bond motifs is 2. The summed E-state index contributed by atoms with van der Waals surface area (Å²) in [6, 6.07) is 7.83. The van der Waals surface area contributed by atoms with Gasteiger partial charge in [0.15, 0.2) is 0 Å². The molecule has 2 aromatic carbocycles. The molecule has 34 heavy (non-hydrogen) atoms. The van der Waals surface area contributed by atoms with E-state index in [4.69, 9.17) is 4.74 Å². The topological polar surface area (TPSA) is 43.4 Å². The minimum absolute atomic E-state index is 0.0206. The van der Waals surface area contributed by atoms with Crippen LogP contribution in [0.2, 0.25) is 0 Å². The maximum atomic E-state index is 13.9. The van der Waals surface area contributed by atoms with Gasteiger partial charge < -0.3 is 4.74 Å². The summed E-state index contributed by atoms with van der Waals surface area (Å²) >= 11 is 0. The number of rotatable bonds is 0. The second kappa shape index (κ2) is 5.58. The molecule has 6 atom stereocenters. The Morgan fingerprint density at radius 2 is 1.12 bits per heavy atom. The summed E-state index contributed by atoms with van der Waals surface area (Å²) in [6.07, 6.45) is -6.48. The van der Waals surface area contributed by atoms with Crippen molar-refractivity contribution in [2.45, 2.75) is 30.6 Å². The van der Waals surface area contributed by atoms with Crippen LogP contribution in [0.15, 0.2) is 48.6 Å². The van der Waals surface area contributed by atoms with E-state index in [1.807, 2.05) is 0 Å². The number of benzene rings is 2. The molecule has 1 heterocycles. The van der Waals surface area contributed by atoms with Gasteiger partial charge in [0.1, 0.15) is 10.8 Å². The van der Waals surface area contributed by atoms with Gasteiger partial charge in [0.25, 0.3) is 0 Å². The fourth-order valence-corrected chi connectivity index (χ4v) is 7.98. The Balaban J connectivity index is 1.65. The standard InChI is InChI=1S/C25H14F6O3/c26-24(27,28)16-8-14-15(9-17(16)25(29,30)31)19-13-4-2-1-3-12(13)18(14)22-10-5-6-11(7-10)23(19,22)21(33)34-20(22)32/h1-6,8-11,18-19H,7H2/t10-,11+,18+,19-,22-,23-/m0/s1. The van der Waals surface area contributed by atoms with Crippen LogP contribution in [0, 0.1) is 22.7 Å². The zero-order valence-electron chi connectivity index (χ0n) is 17.1. The van der Waals surface area contributed by atoms with Crippen molar-refractivity contribution in [3.05, 3.63) is 81.9 Å². The number of alkyl halides is 6. The van der Waals surface area contributed by atoms with Gasteiger partial charge >= 0.3 is 24.3 Å². The summed E-state index contributed by atoms with van der Waals surface area (Å²) in [5.41, 5.74) is -5.35. The van der Waals surface area contributed by atoms with Gasteiger partial charge in [-0.3, -0.25) is 9.59 Å². The monoisotopic (exact) mass is 476 g/mol. The largest absolute Gasteiger partial charge is 0.417 e. The number of cyclic esters (lactones) is 2. The maximum absolute atomic E-state index is 13.9. The smallest absolute Gasteiger partial charge is 0.392 e. The molecule has 0 N–H and O–H groups in total. The summed E-state index contributed by atoms with van der Waals surface area (Å²) in [6.45, 7) is 0. The molecule has 0 amide bonds. The number of carbonyl (C=O) groups is 2. The lowest BCUT2D eigenvalue weighted by Gasteiger charge is -2.59. The molecule has 6 aliphatic rings. The molecule has 0 unspecified atom stereocenters. The van der Waals surface area contributed by atoms with Gasteiger partial charge in [-0.05, 0) is 52.6 Å². The van der Waals surface area contributed by atoms with Crippen molar-refractivity contribution in [3.63, 3.8) is 0 Å². The van der Waals surface area contributed by atoms with Crippen LogP contribution < -0.4 is 0 Å². The van der Waals surface area contributed by atoms with E-state index in [-0.39, 0.29) is 11.1 Å². The van der Waals surface area contributed by atoms with Crippen molar-refractivity contribution in [1.29, 1.82) is 0 Å². The predicted molar refractivity (Wildman–Crippen MR) is 103 cm³/mol. The highest BCUT2D eigenvalue weighted by molar-refractivity contribution is 6.07. The lowest BCUT2D eigenvalue weighted by Crippen LogP contribution is -2.60. The number of carbonyl (C=O) groups excluding carboxylic acids is 2. The van der Waals surface area contributed by atoms with Gasteiger partial charge in [0, 0.05) is 11.8 Å². The lowest BCUT2D eigenvalue weighted by molar-refractivity contribution is -0.162. The van der Waals surface area contributed by atoms with Gasteiger partial charge in [-0.2, -0.15) is 26.3 Å². The average molecular weight is 476 g/mol. The van der Waals surface area contributed by atoms with E-state index in [1.165, 1.54) is 0 Å². The molecule has 0 aromatic heterocycles. The Morgan fingerprint density at radius 1 is 0.706 bits per heavy atom. The van der Waals surface area contributed by atoms with E-state index in [2.05, 4.69) is 0 Å². The number of hydrogen-bond acceptors (Lipinski definition) is 3. The molecule has 1 saturated carbocycles. The van der Waals surface area contributed by atoms with Crippen molar-refractivity contribution in [3.8, 4) is 0 Å². The average Bonchev–Trinajstić information content (AvgIpc) is 3.43. The number of esters is 2. The minimum atomic E-state index is -5.26. The van der Waals surface area contributed by atoms with Gasteiger partial charge in [-0.15, -0.1) is 0 Å². The van der Waals surface area contributed by atoms with E-state index < -0.39 is 69.9 Å². The Kier molecular flexibility index (Phi) is 3.33. The number of ether oxygens (including phenoxy) is 1. The minimum Gasteiger partial charge on any atom is -0.392 e. The van der Waals surface area contributed by atoms with Crippen LogP contribution in [0.25, 0.3) is 0 Å². The highest BCUT2D eigenvalue weighted by atomic mass is 19.4. The van der Waals surface area contributed by atoms with Gasteiger partial charge in [-0.1, -0.05) is 36.4 Å². The quantitative estimate of drug-likeness (QED) is 0.216. The zero-order chi connectivity index (χ0) is 24.0. The van der Waals surface area contributed by atoms with Crippen molar-refractivity contribution in [2.24, 2.45) is 22.7 Å². The van der Waals surface area contributed by atoms with Crippen molar-refractivity contribution in [1.82, 2.24) is 0 Å². The van der Waals surface area contributed by atoms with E-state index in [0.29, 0.717) is 29.7 Å². The highest BCUT2D eigenvalue weighted by Crippen LogP contribution is 2.82. The molecule has 5 aliphatic carbocycles. The second-order valence-electron chi connectivity index (χ2n) is 9.77. The lowest BCUT2D eigenvalue weighted by atomic mass is 9.38. The first-order chi connectivity index (χ1) is 15.9. The Hall–Kier alpha value is -3.10. The van der Waals surface area contributed by atoms with Crippen LogP contribution in [0.1, 0.15) is 51.6 Å². The third-order valence-corrected chi connectivity index (χ3v) is 8.78. The third-order valence-electron chi connectivity index (χ3n) is 8.78. The molecule has 2 fully saturated rings. The number of halogens is 6. The molecule has 174 valence electrons. The van der Waals surface area contributed by atoms with E-state index in [1.54, 1.807) is 36.4 Å². The van der Waals surface area contributed by atoms with Crippen LogP contribution in [-0.2, 0) is 26.7 Å². The Bertz CT molecular complexity index is 1270. The van der Waals surface area contributed by atoms with Crippen LogP contribution in [0.3, 0.4) is 0 Å². The van der Waals surface area contributed by atoms with Gasteiger partial charge in [0.05, 0.1) is 11.1 Å². The van der Waals surface area contributed by atoms with Gasteiger partial charge in [-0.25, -0.2) is 0 Å². The molecule has 8 rings (SSSR count). The summed E-state index contributed by atoms with van der Waals surface area (Å²) < 4.78 is 88.3. The van der Waals surface area contributed by atoms with E-state index in [0.717, 1.165) is 0 Å². The number of allylic oxidation sites excluding steroid dienone is 2. The molecule has 0 radical (unpaired) electrons. The maximum Gasteiger partial charge on any atom is 0.417 e. The first-order valence-electron chi connectivity index (χ1n) is 10.8. The number of hydrogen-bond donors (Lipinski definition) is 0. The SMILES string of the molecule is O=C1OC(=O)[C@]23[C@@H]4c5ccccc5[C@@H](c5cc(C(F)(F)F)c(C(F)(F)F)cc54)[C@@]12[C@@H]1C=C[C@H]3C1.